The summed E-state index contributed by atoms with van der Waals surface area (Å²) in [6.45, 7) is 3.03. The molecule has 3 rings (SSSR count). The first kappa shape index (κ1) is 20.7. The van der Waals surface area contributed by atoms with E-state index >= 15 is 0 Å². The van der Waals surface area contributed by atoms with Gasteiger partial charge in [-0.2, -0.15) is 5.10 Å². The fraction of sp³-hybridized carbons (Fsp3) is 0.611. The minimum absolute atomic E-state index is 0. The molecule has 0 aliphatic heterocycles. The number of rotatable bonds is 6. The molecular weight excluding hydrogens is 443 g/mol. The van der Waals surface area contributed by atoms with E-state index in [2.05, 4.69) is 37.7 Å². The first-order valence-electron chi connectivity index (χ1n) is 9.20. The number of aliphatic imine (C=N–C) groups is 1. The van der Waals surface area contributed by atoms with Gasteiger partial charge in [-0.25, -0.2) is 4.98 Å². The second kappa shape index (κ2) is 10.5. The number of H-pyrrole nitrogens is 1. The largest absolute Gasteiger partial charge is 0.461 e. The van der Waals surface area contributed by atoms with Crippen LogP contribution in [0.15, 0.2) is 27.8 Å². The summed E-state index contributed by atoms with van der Waals surface area (Å²) in [5.74, 6) is 3.81. The van der Waals surface area contributed by atoms with E-state index in [0.29, 0.717) is 17.6 Å². The maximum absolute atomic E-state index is 5.31. The van der Waals surface area contributed by atoms with Gasteiger partial charge in [0.05, 0.1) is 6.26 Å². The SMILES string of the molecule is CCC1CCCC(NC(=NC)NCCc2nc(-c3ccco3)n[nH]2)C1.I. The van der Waals surface area contributed by atoms with Gasteiger partial charge in [0.1, 0.15) is 5.82 Å². The lowest BCUT2D eigenvalue weighted by molar-refractivity contribution is 0.298. The monoisotopic (exact) mass is 472 g/mol. The van der Waals surface area contributed by atoms with Crippen LogP contribution in [0, 0.1) is 5.92 Å². The summed E-state index contributed by atoms with van der Waals surface area (Å²) in [4.78, 5) is 8.79. The lowest BCUT2D eigenvalue weighted by Crippen LogP contribution is -2.45. The molecule has 2 unspecified atom stereocenters. The molecule has 2 atom stereocenters. The number of nitrogens with one attached hydrogen (secondary N) is 3. The van der Waals surface area contributed by atoms with Crippen LogP contribution in [0.1, 0.15) is 44.9 Å². The Morgan fingerprint density at radius 2 is 2.31 bits per heavy atom. The lowest BCUT2D eigenvalue weighted by atomic mass is 9.84. The first-order valence-corrected chi connectivity index (χ1v) is 9.20. The van der Waals surface area contributed by atoms with E-state index in [1.165, 1.54) is 32.1 Å². The zero-order chi connectivity index (χ0) is 17.5. The fourth-order valence-corrected chi connectivity index (χ4v) is 3.40. The van der Waals surface area contributed by atoms with Crippen LogP contribution in [0.4, 0.5) is 0 Å². The number of hydrogen-bond acceptors (Lipinski definition) is 4. The Kier molecular flexibility index (Phi) is 8.40. The molecule has 26 heavy (non-hydrogen) atoms. The Morgan fingerprint density at radius 1 is 1.42 bits per heavy atom. The Hall–Kier alpha value is -1.58. The smallest absolute Gasteiger partial charge is 0.216 e. The van der Waals surface area contributed by atoms with Gasteiger partial charge in [0.2, 0.25) is 5.82 Å². The van der Waals surface area contributed by atoms with Crippen LogP contribution >= 0.6 is 24.0 Å². The summed E-state index contributed by atoms with van der Waals surface area (Å²) in [6, 6.07) is 4.21. The minimum Gasteiger partial charge on any atom is -0.461 e. The zero-order valence-electron chi connectivity index (χ0n) is 15.5. The number of aromatic nitrogens is 3. The Morgan fingerprint density at radius 3 is 3.04 bits per heavy atom. The lowest BCUT2D eigenvalue weighted by Gasteiger charge is -2.30. The van der Waals surface area contributed by atoms with Crippen molar-refractivity contribution in [2.24, 2.45) is 10.9 Å². The number of hydrogen-bond donors (Lipinski definition) is 3. The molecule has 3 N–H and O–H groups in total. The molecular formula is C18H29IN6O. The fourth-order valence-electron chi connectivity index (χ4n) is 3.40. The van der Waals surface area contributed by atoms with Crippen molar-refractivity contribution < 1.29 is 4.42 Å². The molecule has 0 saturated heterocycles. The maximum Gasteiger partial charge on any atom is 0.216 e. The van der Waals surface area contributed by atoms with Crippen LogP contribution in [-0.2, 0) is 6.42 Å². The van der Waals surface area contributed by atoms with Gasteiger partial charge in [-0.05, 0) is 30.9 Å². The van der Waals surface area contributed by atoms with Crippen molar-refractivity contribution in [3.05, 3.63) is 24.2 Å². The average molecular weight is 472 g/mol. The summed E-state index contributed by atoms with van der Waals surface area (Å²) in [5, 5.41) is 14.1. The first-order chi connectivity index (χ1) is 12.3. The number of nitrogens with zero attached hydrogens (tertiary/aromatic N) is 3. The van der Waals surface area contributed by atoms with Crippen molar-refractivity contribution in [1.82, 2.24) is 25.8 Å². The van der Waals surface area contributed by atoms with E-state index in [9.17, 15) is 0 Å². The molecule has 1 fully saturated rings. The van der Waals surface area contributed by atoms with Crippen LogP contribution in [-0.4, -0.2) is 40.8 Å². The van der Waals surface area contributed by atoms with E-state index in [-0.39, 0.29) is 24.0 Å². The molecule has 0 bridgehead atoms. The van der Waals surface area contributed by atoms with Crippen molar-refractivity contribution in [3.63, 3.8) is 0 Å². The third-order valence-corrected chi connectivity index (χ3v) is 4.85. The molecule has 144 valence electrons. The minimum atomic E-state index is 0. The van der Waals surface area contributed by atoms with Crippen molar-refractivity contribution in [1.29, 1.82) is 0 Å². The van der Waals surface area contributed by atoms with Crippen LogP contribution in [0.25, 0.3) is 11.6 Å². The predicted octanol–water partition coefficient (Wildman–Crippen LogP) is 3.36. The second-order valence-corrected chi connectivity index (χ2v) is 6.61. The van der Waals surface area contributed by atoms with E-state index in [4.69, 9.17) is 4.42 Å². The summed E-state index contributed by atoms with van der Waals surface area (Å²) < 4.78 is 5.31. The molecule has 2 aromatic rings. The summed E-state index contributed by atoms with van der Waals surface area (Å²) in [6.07, 6.45) is 8.78. The van der Waals surface area contributed by atoms with Gasteiger partial charge in [-0.15, -0.1) is 24.0 Å². The molecule has 0 amide bonds. The Labute approximate surface area is 171 Å². The summed E-state index contributed by atoms with van der Waals surface area (Å²) in [7, 11) is 1.82. The molecule has 0 spiro atoms. The van der Waals surface area contributed by atoms with Gasteiger partial charge < -0.3 is 15.1 Å². The van der Waals surface area contributed by atoms with Crippen LogP contribution in [0.3, 0.4) is 0 Å². The van der Waals surface area contributed by atoms with Crippen molar-refractivity contribution >= 4 is 29.9 Å². The van der Waals surface area contributed by atoms with Gasteiger partial charge in [0, 0.05) is 26.1 Å². The molecule has 0 aromatic carbocycles. The van der Waals surface area contributed by atoms with Gasteiger partial charge in [-0.1, -0.05) is 26.2 Å². The van der Waals surface area contributed by atoms with Crippen molar-refractivity contribution in [3.8, 4) is 11.6 Å². The second-order valence-electron chi connectivity index (χ2n) is 6.61. The molecule has 2 aromatic heterocycles. The van der Waals surface area contributed by atoms with E-state index in [1.54, 1.807) is 6.26 Å². The van der Waals surface area contributed by atoms with Crippen LogP contribution < -0.4 is 10.6 Å². The highest BCUT2D eigenvalue weighted by atomic mass is 127. The van der Waals surface area contributed by atoms with Crippen LogP contribution in [0.5, 0.6) is 0 Å². The predicted molar refractivity (Wildman–Crippen MR) is 114 cm³/mol. The van der Waals surface area contributed by atoms with Gasteiger partial charge >= 0.3 is 0 Å². The average Bonchev–Trinajstić information content (AvgIpc) is 3.32. The highest BCUT2D eigenvalue weighted by molar-refractivity contribution is 14.0. The third kappa shape index (κ3) is 5.72. The molecule has 2 heterocycles. The summed E-state index contributed by atoms with van der Waals surface area (Å²) in [5.41, 5.74) is 0. The topological polar surface area (TPSA) is 91.1 Å². The number of guanidine groups is 1. The third-order valence-electron chi connectivity index (χ3n) is 4.85. The molecule has 1 aliphatic carbocycles. The van der Waals surface area contributed by atoms with Crippen LogP contribution in [0.2, 0.25) is 0 Å². The van der Waals surface area contributed by atoms with Gasteiger partial charge in [0.15, 0.2) is 11.7 Å². The molecule has 1 saturated carbocycles. The van der Waals surface area contributed by atoms with E-state index in [0.717, 1.165) is 30.7 Å². The molecule has 8 heteroatoms. The number of halogens is 1. The summed E-state index contributed by atoms with van der Waals surface area (Å²) >= 11 is 0. The number of aromatic amines is 1. The Balaban J connectivity index is 0.00000243. The molecule has 0 radical (unpaired) electrons. The standard InChI is InChI=1S/C18H28N6O.HI/c1-3-13-6-4-7-14(12-13)21-18(19-2)20-10-9-16-22-17(24-23-16)15-8-5-11-25-15;/h5,8,11,13-14H,3-4,6-7,9-10,12H2,1-2H3,(H2,19,20,21)(H,22,23,24);1H. The quantitative estimate of drug-likeness (QED) is 0.341. The van der Waals surface area contributed by atoms with E-state index in [1.807, 2.05) is 19.2 Å². The highest BCUT2D eigenvalue weighted by Crippen LogP contribution is 2.26. The zero-order valence-corrected chi connectivity index (χ0v) is 17.8. The number of furan rings is 1. The molecule has 1 aliphatic rings. The van der Waals surface area contributed by atoms with Gasteiger partial charge in [-0.3, -0.25) is 10.1 Å². The maximum atomic E-state index is 5.31. The van der Waals surface area contributed by atoms with E-state index < -0.39 is 0 Å². The van der Waals surface area contributed by atoms with Crippen molar-refractivity contribution in [2.75, 3.05) is 13.6 Å². The highest BCUT2D eigenvalue weighted by Gasteiger charge is 2.21. The molecule has 7 nitrogen and oxygen atoms in total. The van der Waals surface area contributed by atoms with Gasteiger partial charge in [0.25, 0.3) is 0 Å². The van der Waals surface area contributed by atoms with Crippen molar-refractivity contribution in [2.45, 2.75) is 51.5 Å². The Bertz CT molecular complexity index is 669. The normalized spacial score (nSPS) is 20.5.